The van der Waals surface area contributed by atoms with Gasteiger partial charge in [-0.05, 0) is 54.7 Å². The van der Waals surface area contributed by atoms with Crippen LogP contribution in [0, 0.1) is 11.7 Å². The molecule has 2 aromatic carbocycles. The summed E-state index contributed by atoms with van der Waals surface area (Å²) in [6.07, 6.45) is 1.82. The zero-order chi connectivity index (χ0) is 15.5. The van der Waals surface area contributed by atoms with Gasteiger partial charge in [0, 0.05) is 29.8 Å². The molecular formula is C18H20ClFN2. The van der Waals surface area contributed by atoms with Crippen LogP contribution in [0.1, 0.15) is 12.0 Å². The van der Waals surface area contributed by atoms with E-state index in [2.05, 4.69) is 11.0 Å². The molecule has 2 N–H and O–H groups in total. The minimum absolute atomic E-state index is 0.131. The van der Waals surface area contributed by atoms with Gasteiger partial charge >= 0.3 is 0 Å². The van der Waals surface area contributed by atoms with Gasteiger partial charge in [-0.15, -0.1) is 0 Å². The fraction of sp³-hybridized carbons (Fsp3) is 0.333. The molecule has 0 radical (unpaired) electrons. The maximum absolute atomic E-state index is 13.3. The SMILES string of the molecule is NC1CC(Cc2cccc(F)c2)CN(c2cccc(Cl)c2)C1. The highest BCUT2D eigenvalue weighted by molar-refractivity contribution is 6.30. The largest absolute Gasteiger partial charge is 0.370 e. The lowest BCUT2D eigenvalue weighted by molar-refractivity contribution is 0.374. The smallest absolute Gasteiger partial charge is 0.123 e. The minimum Gasteiger partial charge on any atom is -0.370 e. The van der Waals surface area contributed by atoms with Crippen LogP contribution < -0.4 is 10.6 Å². The van der Waals surface area contributed by atoms with Gasteiger partial charge in [0.05, 0.1) is 0 Å². The maximum Gasteiger partial charge on any atom is 0.123 e. The van der Waals surface area contributed by atoms with Crippen molar-refractivity contribution in [1.29, 1.82) is 0 Å². The number of anilines is 1. The molecule has 1 saturated heterocycles. The van der Waals surface area contributed by atoms with Gasteiger partial charge in [0.15, 0.2) is 0 Å². The highest BCUT2D eigenvalue weighted by Crippen LogP contribution is 2.27. The van der Waals surface area contributed by atoms with Crippen LogP contribution in [0.3, 0.4) is 0 Å². The summed E-state index contributed by atoms with van der Waals surface area (Å²) in [6.45, 7) is 1.75. The average Bonchev–Trinajstić information content (AvgIpc) is 2.46. The third-order valence-corrected chi connectivity index (χ3v) is 4.39. The Hall–Kier alpha value is -1.58. The Labute approximate surface area is 135 Å². The number of benzene rings is 2. The van der Waals surface area contributed by atoms with E-state index in [-0.39, 0.29) is 11.9 Å². The van der Waals surface area contributed by atoms with Crippen LogP contribution in [-0.2, 0) is 6.42 Å². The van der Waals surface area contributed by atoms with Crippen molar-refractivity contribution in [3.8, 4) is 0 Å². The highest BCUT2D eigenvalue weighted by Gasteiger charge is 2.25. The first-order valence-electron chi connectivity index (χ1n) is 7.60. The van der Waals surface area contributed by atoms with E-state index in [9.17, 15) is 4.39 Å². The van der Waals surface area contributed by atoms with E-state index in [4.69, 9.17) is 17.3 Å². The van der Waals surface area contributed by atoms with Crippen molar-refractivity contribution in [2.24, 2.45) is 11.7 Å². The van der Waals surface area contributed by atoms with E-state index in [1.165, 1.54) is 6.07 Å². The topological polar surface area (TPSA) is 29.3 Å². The molecule has 0 aromatic heterocycles. The average molecular weight is 319 g/mol. The molecule has 0 amide bonds. The molecule has 0 aliphatic carbocycles. The summed E-state index contributed by atoms with van der Waals surface area (Å²) < 4.78 is 13.3. The lowest BCUT2D eigenvalue weighted by Crippen LogP contribution is -2.47. The lowest BCUT2D eigenvalue weighted by Gasteiger charge is -2.38. The van der Waals surface area contributed by atoms with Crippen LogP contribution in [-0.4, -0.2) is 19.1 Å². The van der Waals surface area contributed by atoms with Gasteiger partial charge in [-0.3, -0.25) is 0 Å². The van der Waals surface area contributed by atoms with Gasteiger partial charge in [0.2, 0.25) is 0 Å². The molecule has 1 aliphatic rings. The Morgan fingerprint density at radius 2 is 1.95 bits per heavy atom. The van der Waals surface area contributed by atoms with Crippen molar-refractivity contribution in [1.82, 2.24) is 0 Å². The summed E-state index contributed by atoms with van der Waals surface area (Å²) in [5, 5.41) is 0.735. The summed E-state index contributed by atoms with van der Waals surface area (Å²) >= 11 is 6.08. The lowest BCUT2D eigenvalue weighted by atomic mass is 9.88. The minimum atomic E-state index is -0.177. The van der Waals surface area contributed by atoms with Crippen LogP contribution in [0.15, 0.2) is 48.5 Å². The Morgan fingerprint density at radius 3 is 2.73 bits per heavy atom. The second-order valence-electron chi connectivity index (χ2n) is 6.08. The van der Waals surface area contributed by atoms with Crippen molar-refractivity contribution in [3.63, 3.8) is 0 Å². The normalized spacial score (nSPS) is 21.9. The van der Waals surface area contributed by atoms with Crippen molar-refractivity contribution >= 4 is 17.3 Å². The van der Waals surface area contributed by atoms with Crippen LogP contribution in [0.2, 0.25) is 5.02 Å². The van der Waals surface area contributed by atoms with Crippen molar-refractivity contribution in [2.45, 2.75) is 18.9 Å². The molecule has 1 fully saturated rings. The van der Waals surface area contributed by atoms with Crippen molar-refractivity contribution in [3.05, 3.63) is 64.9 Å². The molecule has 2 aromatic rings. The fourth-order valence-corrected chi connectivity index (χ4v) is 3.46. The Balaban J connectivity index is 1.73. The molecule has 1 heterocycles. The number of halogens is 2. The van der Waals surface area contributed by atoms with Gasteiger partial charge in [-0.2, -0.15) is 0 Å². The van der Waals surface area contributed by atoms with E-state index >= 15 is 0 Å². The number of rotatable bonds is 3. The van der Waals surface area contributed by atoms with Crippen LogP contribution in [0.4, 0.5) is 10.1 Å². The third-order valence-electron chi connectivity index (χ3n) is 4.16. The van der Waals surface area contributed by atoms with E-state index in [1.807, 2.05) is 24.3 Å². The second-order valence-corrected chi connectivity index (χ2v) is 6.52. The predicted octanol–water partition coefficient (Wildman–Crippen LogP) is 3.88. The monoisotopic (exact) mass is 318 g/mol. The molecule has 2 nitrogen and oxygen atoms in total. The van der Waals surface area contributed by atoms with Crippen molar-refractivity contribution < 1.29 is 4.39 Å². The molecule has 2 atom stereocenters. The summed E-state index contributed by atoms with van der Waals surface area (Å²) in [5.74, 6) is 0.244. The molecule has 0 spiro atoms. The van der Waals surface area contributed by atoms with Crippen LogP contribution in [0.5, 0.6) is 0 Å². The van der Waals surface area contributed by atoms with E-state index in [0.29, 0.717) is 5.92 Å². The molecule has 4 heteroatoms. The Bertz CT molecular complexity index is 646. The molecule has 0 bridgehead atoms. The quantitative estimate of drug-likeness (QED) is 0.930. The molecule has 0 saturated carbocycles. The van der Waals surface area contributed by atoms with Gasteiger partial charge < -0.3 is 10.6 Å². The number of hydrogen-bond acceptors (Lipinski definition) is 2. The number of nitrogens with two attached hydrogens (primary N) is 1. The second kappa shape index (κ2) is 6.67. The summed E-state index contributed by atoms with van der Waals surface area (Å²) in [5.41, 5.74) is 8.36. The predicted molar refractivity (Wildman–Crippen MR) is 89.9 cm³/mol. The number of hydrogen-bond donors (Lipinski definition) is 1. The zero-order valence-electron chi connectivity index (χ0n) is 12.4. The van der Waals surface area contributed by atoms with E-state index < -0.39 is 0 Å². The molecular weight excluding hydrogens is 299 g/mol. The molecule has 2 unspecified atom stereocenters. The van der Waals surface area contributed by atoms with Crippen LogP contribution >= 0.6 is 11.6 Å². The summed E-state index contributed by atoms with van der Waals surface area (Å²) in [7, 11) is 0. The molecule has 3 rings (SSSR count). The van der Waals surface area contributed by atoms with Gasteiger partial charge in [-0.1, -0.05) is 29.8 Å². The number of nitrogens with zero attached hydrogens (tertiary/aromatic N) is 1. The van der Waals surface area contributed by atoms with Gasteiger partial charge in [0.1, 0.15) is 5.82 Å². The third kappa shape index (κ3) is 3.79. The Morgan fingerprint density at radius 1 is 1.14 bits per heavy atom. The standard InChI is InChI=1S/C18H20ClFN2/c19-15-4-2-6-18(10-15)22-11-14(9-17(21)12-22)7-13-3-1-5-16(20)8-13/h1-6,8,10,14,17H,7,9,11-12,21H2. The van der Waals surface area contributed by atoms with Gasteiger partial charge in [-0.25, -0.2) is 4.39 Å². The van der Waals surface area contributed by atoms with E-state index in [1.54, 1.807) is 12.1 Å². The van der Waals surface area contributed by atoms with Gasteiger partial charge in [0.25, 0.3) is 0 Å². The summed E-state index contributed by atoms with van der Waals surface area (Å²) in [6, 6.07) is 14.8. The Kier molecular flexibility index (Phi) is 4.65. The summed E-state index contributed by atoms with van der Waals surface area (Å²) in [4.78, 5) is 2.28. The first-order valence-corrected chi connectivity index (χ1v) is 7.98. The first-order chi connectivity index (χ1) is 10.6. The molecule has 22 heavy (non-hydrogen) atoms. The molecule has 116 valence electrons. The van der Waals surface area contributed by atoms with Crippen LogP contribution in [0.25, 0.3) is 0 Å². The van der Waals surface area contributed by atoms with Crippen molar-refractivity contribution in [2.75, 3.05) is 18.0 Å². The highest BCUT2D eigenvalue weighted by atomic mass is 35.5. The first kappa shape index (κ1) is 15.3. The zero-order valence-corrected chi connectivity index (χ0v) is 13.1. The maximum atomic E-state index is 13.3. The molecule has 1 aliphatic heterocycles. The number of piperidine rings is 1. The van der Waals surface area contributed by atoms with E-state index in [0.717, 1.165) is 42.2 Å². The fourth-order valence-electron chi connectivity index (χ4n) is 3.28.